The van der Waals surface area contributed by atoms with E-state index in [2.05, 4.69) is 4.99 Å². The lowest BCUT2D eigenvalue weighted by Gasteiger charge is -2.02. The Labute approximate surface area is 132 Å². The van der Waals surface area contributed by atoms with Gasteiger partial charge in [-0.15, -0.1) is 0 Å². The van der Waals surface area contributed by atoms with Gasteiger partial charge in [-0.1, -0.05) is 41.7 Å². The molecule has 0 saturated heterocycles. The Morgan fingerprint density at radius 2 is 1.86 bits per heavy atom. The van der Waals surface area contributed by atoms with Gasteiger partial charge in [0.25, 0.3) is 5.91 Å². The monoisotopic (exact) mass is 312 g/mol. The lowest BCUT2D eigenvalue weighted by molar-refractivity contribution is -0.120. The van der Waals surface area contributed by atoms with E-state index in [0.717, 1.165) is 16.8 Å². The molecule has 1 aromatic heterocycles. The molecule has 0 spiro atoms. The van der Waals surface area contributed by atoms with Gasteiger partial charge in [0, 0.05) is 6.54 Å². The number of hydrogen-bond donors (Lipinski definition) is 0. The summed E-state index contributed by atoms with van der Waals surface area (Å²) >= 11 is 1.52. The van der Waals surface area contributed by atoms with Gasteiger partial charge in [0.1, 0.15) is 5.75 Å². The number of carbonyl (C=O) groups is 1. The summed E-state index contributed by atoms with van der Waals surface area (Å²) in [7, 11) is 0. The van der Waals surface area contributed by atoms with Crippen LogP contribution in [0, 0.1) is 0 Å². The highest BCUT2D eigenvalue weighted by Crippen LogP contribution is 2.16. The van der Waals surface area contributed by atoms with Gasteiger partial charge in [0.15, 0.2) is 11.4 Å². The van der Waals surface area contributed by atoms with E-state index in [4.69, 9.17) is 4.74 Å². The maximum atomic E-state index is 12.0. The Kier molecular flexibility index (Phi) is 4.34. The van der Waals surface area contributed by atoms with Crippen molar-refractivity contribution in [2.75, 3.05) is 6.61 Å². The molecule has 0 unspecified atom stereocenters. The fraction of sp³-hybridized carbons (Fsp3) is 0.176. The van der Waals surface area contributed by atoms with E-state index in [0.29, 0.717) is 10.6 Å². The van der Waals surface area contributed by atoms with Crippen molar-refractivity contribution in [1.82, 2.24) is 4.57 Å². The number of thiazole rings is 1. The molecule has 0 aliphatic heterocycles. The third kappa shape index (κ3) is 3.09. The zero-order valence-electron chi connectivity index (χ0n) is 12.2. The highest BCUT2D eigenvalue weighted by atomic mass is 32.1. The van der Waals surface area contributed by atoms with Gasteiger partial charge in [-0.3, -0.25) is 4.79 Å². The molecule has 3 rings (SSSR count). The van der Waals surface area contributed by atoms with Gasteiger partial charge in [-0.2, -0.15) is 4.99 Å². The summed E-state index contributed by atoms with van der Waals surface area (Å²) in [6.45, 7) is 2.76. The number of ether oxygens (including phenoxy) is 1. The fourth-order valence-electron chi connectivity index (χ4n) is 2.21. The van der Waals surface area contributed by atoms with Crippen molar-refractivity contribution in [3.8, 4) is 5.75 Å². The molecule has 4 nitrogen and oxygen atoms in total. The fourth-order valence-corrected chi connectivity index (χ4v) is 3.32. The Bertz CT molecular complexity index is 850. The first-order chi connectivity index (χ1) is 10.8. The smallest absolute Gasteiger partial charge is 0.286 e. The summed E-state index contributed by atoms with van der Waals surface area (Å²) < 4.78 is 8.61. The molecule has 0 saturated carbocycles. The van der Waals surface area contributed by atoms with Crippen molar-refractivity contribution in [3.05, 3.63) is 59.4 Å². The van der Waals surface area contributed by atoms with Gasteiger partial charge in [0.05, 0.1) is 10.2 Å². The number of amides is 1. The van der Waals surface area contributed by atoms with E-state index >= 15 is 0 Å². The molecule has 0 bridgehead atoms. The van der Waals surface area contributed by atoms with Crippen LogP contribution in [0.1, 0.15) is 6.92 Å². The molecule has 0 aliphatic carbocycles. The van der Waals surface area contributed by atoms with Gasteiger partial charge < -0.3 is 9.30 Å². The zero-order valence-corrected chi connectivity index (χ0v) is 13.0. The number of fused-ring (bicyclic) bond motifs is 1. The Morgan fingerprint density at radius 3 is 2.64 bits per heavy atom. The average molecular weight is 312 g/mol. The van der Waals surface area contributed by atoms with E-state index in [9.17, 15) is 4.79 Å². The van der Waals surface area contributed by atoms with Crippen LogP contribution in [0.4, 0.5) is 0 Å². The highest BCUT2D eigenvalue weighted by Gasteiger charge is 2.06. The highest BCUT2D eigenvalue weighted by molar-refractivity contribution is 7.16. The molecule has 2 aromatic carbocycles. The second kappa shape index (κ2) is 6.58. The number of carbonyl (C=O) groups excluding carboxylic acids is 1. The second-order valence-electron chi connectivity index (χ2n) is 4.70. The maximum absolute atomic E-state index is 12.0. The number of para-hydroxylation sites is 2. The Balaban J connectivity index is 1.83. The summed E-state index contributed by atoms with van der Waals surface area (Å²) in [5.41, 5.74) is 1.10. The van der Waals surface area contributed by atoms with Crippen LogP contribution >= 0.6 is 11.3 Å². The van der Waals surface area contributed by atoms with Gasteiger partial charge in [0.2, 0.25) is 0 Å². The van der Waals surface area contributed by atoms with Crippen molar-refractivity contribution in [3.63, 3.8) is 0 Å². The molecular formula is C17H16N2O2S. The third-order valence-electron chi connectivity index (χ3n) is 3.23. The molecule has 3 aromatic rings. The Hall–Kier alpha value is -2.40. The minimum Gasteiger partial charge on any atom is -0.484 e. The lowest BCUT2D eigenvalue weighted by atomic mass is 10.3. The van der Waals surface area contributed by atoms with Crippen molar-refractivity contribution in [2.24, 2.45) is 4.99 Å². The maximum Gasteiger partial charge on any atom is 0.286 e. The van der Waals surface area contributed by atoms with Gasteiger partial charge in [-0.25, -0.2) is 0 Å². The minimum atomic E-state index is -0.280. The second-order valence-corrected chi connectivity index (χ2v) is 5.71. The van der Waals surface area contributed by atoms with Crippen molar-refractivity contribution in [2.45, 2.75) is 13.5 Å². The molecule has 1 amide bonds. The number of aromatic nitrogens is 1. The summed E-state index contributed by atoms with van der Waals surface area (Å²) in [4.78, 5) is 16.9. The van der Waals surface area contributed by atoms with Crippen LogP contribution < -0.4 is 9.54 Å². The van der Waals surface area contributed by atoms with E-state index in [1.165, 1.54) is 11.3 Å². The van der Waals surface area contributed by atoms with Crippen LogP contribution in [0.25, 0.3) is 10.2 Å². The largest absolute Gasteiger partial charge is 0.484 e. The van der Waals surface area contributed by atoms with Crippen molar-refractivity contribution in [1.29, 1.82) is 0 Å². The first kappa shape index (κ1) is 14.5. The molecule has 0 aliphatic rings. The number of benzene rings is 2. The standard InChI is InChI=1S/C17H16N2O2S/c1-2-19-14-10-6-7-11-15(14)22-17(19)18-16(20)12-21-13-8-4-3-5-9-13/h3-11H,2,12H2,1H3. The molecule has 22 heavy (non-hydrogen) atoms. The first-order valence-corrected chi connectivity index (χ1v) is 7.93. The zero-order chi connectivity index (χ0) is 15.4. The molecule has 5 heteroatoms. The molecule has 0 N–H and O–H groups in total. The van der Waals surface area contributed by atoms with Crippen molar-refractivity contribution < 1.29 is 9.53 Å². The number of aryl methyl sites for hydroxylation is 1. The van der Waals surface area contributed by atoms with Crippen LogP contribution in [0.15, 0.2) is 59.6 Å². The predicted octanol–water partition coefficient (Wildman–Crippen LogP) is 3.23. The lowest BCUT2D eigenvalue weighted by Crippen LogP contribution is -2.18. The Morgan fingerprint density at radius 1 is 1.14 bits per heavy atom. The number of rotatable bonds is 4. The van der Waals surface area contributed by atoms with Crippen LogP contribution in [-0.2, 0) is 11.3 Å². The van der Waals surface area contributed by atoms with Gasteiger partial charge >= 0.3 is 0 Å². The van der Waals surface area contributed by atoms with E-state index < -0.39 is 0 Å². The van der Waals surface area contributed by atoms with Crippen LogP contribution in [0.2, 0.25) is 0 Å². The van der Waals surface area contributed by atoms with Crippen LogP contribution in [0.5, 0.6) is 5.75 Å². The van der Waals surface area contributed by atoms with E-state index in [-0.39, 0.29) is 12.5 Å². The first-order valence-electron chi connectivity index (χ1n) is 7.11. The van der Waals surface area contributed by atoms with Crippen molar-refractivity contribution >= 4 is 27.5 Å². The SMILES string of the molecule is CCn1c(=NC(=O)COc2ccccc2)sc2ccccc21. The average Bonchev–Trinajstić information content (AvgIpc) is 2.91. The summed E-state index contributed by atoms with van der Waals surface area (Å²) in [5.74, 6) is 0.392. The minimum absolute atomic E-state index is 0.0536. The molecule has 0 atom stereocenters. The molecule has 0 radical (unpaired) electrons. The van der Waals surface area contributed by atoms with Crippen LogP contribution in [0.3, 0.4) is 0 Å². The quantitative estimate of drug-likeness (QED) is 0.742. The van der Waals surface area contributed by atoms with Gasteiger partial charge in [-0.05, 0) is 31.2 Å². The molecule has 0 fully saturated rings. The predicted molar refractivity (Wildman–Crippen MR) is 88.0 cm³/mol. The third-order valence-corrected chi connectivity index (χ3v) is 4.29. The summed E-state index contributed by atoms with van der Waals surface area (Å²) in [5, 5.41) is 0. The van der Waals surface area contributed by atoms with Crippen LogP contribution in [-0.4, -0.2) is 17.1 Å². The topological polar surface area (TPSA) is 43.6 Å². The molecule has 1 heterocycles. The van der Waals surface area contributed by atoms with E-state index in [1.807, 2.05) is 66.1 Å². The molecule has 112 valence electrons. The normalized spacial score (nSPS) is 11.8. The molecular weight excluding hydrogens is 296 g/mol. The number of hydrogen-bond acceptors (Lipinski definition) is 3. The summed E-state index contributed by atoms with van der Waals surface area (Å²) in [6.07, 6.45) is 0. The summed E-state index contributed by atoms with van der Waals surface area (Å²) in [6, 6.07) is 17.3. The number of nitrogens with zero attached hydrogens (tertiary/aromatic N) is 2. The van der Waals surface area contributed by atoms with E-state index in [1.54, 1.807) is 0 Å².